The summed E-state index contributed by atoms with van der Waals surface area (Å²) in [6, 6.07) is 8.24. The third kappa shape index (κ3) is 23.4. The molecule has 392 valence electrons. The van der Waals surface area contributed by atoms with Crippen molar-refractivity contribution in [3.63, 3.8) is 0 Å². The molecule has 9 N–H and O–H groups in total. The number of rotatable bonds is 16. The fraction of sp³-hybridized carbons (Fsp3) is 0.477. The van der Waals surface area contributed by atoms with Crippen molar-refractivity contribution >= 4 is 80.3 Å². The van der Waals surface area contributed by atoms with Crippen LogP contribution in [0.4, 0.5) is 36.6 Å². The Bertz CT molecular complexity index is 2460. The van der Waals surface area contributed by atoms with Crippen molar-refractivity contribution in [3.8, 4) is 0 Å². The van der Waals surface area contributed by atoms with Gasteiger partial charge in [-0.25, -0.2) is 32.8 Å². The van der Waals surface area contributed by atoms with Crippen molar-refractivity contribution in [3.05, 3.63) is 69.5 Å². The molecular weight excluding hydrogens is 1000 g/mol. The zero-order chi connectivity index (χ0) is 51.5. The number of amides is 1. The number of benzene rings is 2. The van der Waals surface area contributed by atoms with Crippen LogP contribution in [-0.2, 0) is 23.8 Å². The summed E-state index contributed by atoms with van der Waals surface area (Å²) in [5.41, 5.74) is 8.79. The van der Waals surface area contributed by atoms with E-state index in [1.54, 1.807) is 69.2 Å². The van der Waals surface area contributed by atoms with Crippen LogP contribution in [0.1, 0.15) is 107 Å². The first-order valence-corrected chi connectivity index (χ1v) is 21.6. The Kier molecular flexibility index (Phi) is 24.9. The van der Waals surface area contributed by atoms with Crippen LogP contribution in [0.2, 0.25) is 0 Å². The van der Waals surface area contributed by atoms with E-state index in [1.807, 2.05) is 11.0 Å². The lowest BCUT2D eigenvalue weighted by Crippen LogP contribution is -2.38. The average Bonchev–Trinajstić information content (AvgIpc) is 3.90. The topological polar surface area (TPSA) is 333 Å². The third-order valence-electron chi connectivity index (χ3n) is 7.71. The molecule has 0 bridgehead atoms. The van der Waals surface area contributed by atoms with Gasteiger partial charge in [-0.05, 0) is 148 Å². The van der Waals surface area contributed by atoms with Gasteiger partial charge in [0.2, 0.25) is 11.6 Å². The lowest BCUT2D eigenvalue weighted by atomic mass is 10.2. The molecule has 0 aliphatic rings. The molecule has 1 amide bonds. The Labute approximate surface area is 418 Å². The highest BCUT2D eigenvalue weighted by Gasteiger charge is 2.23. The standard InChI is InChI=1S/C23H31BrFN7O6.C19H26FN7O4.2CH4/c1-22(2,3)36-17(33)12-16(29-21(34)37-23(4,5)6)26-9-10-27-19-18(31-38-32-19)20(30-35)28-13-7-8-15(25)14(24)11-13;1-11-9-12(5-6-13(11)20)24-18(25-29)16-17(27-31-26-16)23-8-7-22-14(21)10-15(28)30-19(2,3)4;;/h7-8,11,35H,9-10,12H2,1-6H3,(H,27,32)(H,28,30)(H,26,29,34);5-6,9,29H,7-8,10H2,1-4H3,(H2,21,22)(H,23,27)(H,24,25);2*1H4. The minimum Gasteiger partial charge on any atom is -0.460 e. The number of nitrogens with two attached hydrogens (primary N) is 1. The van der Waals surface area contributed by atoms with Crippen molar-refractivity contribution in [2.45, 2.75) is 114 Å². The van der Waals surface area contributed by atoms with E-state index in [0.29, 0.717) is 16.9 Å². The second-order valence-corrected chi connectivity index (χ2v) is 18.2. The molecule has 0 radical (unpaired) electrons. The van der Waals surface area contributed by atoms with E-state index < -0.39 is 40.7 Å². The molecule has 71 heavy (non-hydrogen) atoms. The van der Waals surface area contributed by atoms with Gasteiger partial charge in [0.15, 0.2) is 23.1 Å². The largest absolute Gasteiger partial charge is 0.460 e. The summed E-state index contributed by atoms with van der Waals surface area (Å²) in [6.45, 7) is 18.0. The van der Waals surface area contributed by atoms with E-state index in [2.05, 4.69) is 72.5 Å². The SMILES string of the molecule is C.C.CC(C)(C)OC(=O)CC(=NCCNc1nonc1C(=Nc1ccc(F)c(Br)c1)NO)NC(=O)OC(C)(C)C.Cc1cc(N=C(NO)c2nonc2NCCN=C(N)CC(=O)OC(C)(C)C)ccc1F. The molecule has 2 aromatic heterocycles. The van der Waals surface area contributed by atoms with E-state index in [4.69, 9.17) is 29.2 Å². The molecule has 24 nitrogen and oxygen atoms in total. The molecule has 4 rings (SSSR count). The van der Waals surface area contributed by atoms with Crippen LogP contribution in [0.25, 0.3) is 0 Å². The van der Waals surface area contributed by atoms with Crippen LogP contribution in [0, 0.1) is 18.6 Å². The van der Waals surface area contributed by atoms with E-state index in [1.165, 1.54) is 36.4 Å². The number of anilines is 2. The highest BCUT2D eigenvalue weighted by Crippen LogP contribution is 2.24. The van der Waals surface area contributed by atoms with Gasteiger partial charge in [-0.1, -0.05) is 14.9 Å². The quantitative estimate of drug-likeness (QED) is 0.0135. The van der Waals surface area contributed by atoms with Crippen molar-refractivity contribution < 1.29 is 57.0 Å². The smallest absolute Gasteiger partial charge is 0.413 e. The lowest BCUT2D eigenvalue weighted by molar-refractivity contribution is -0.154. The van der Waals surface area contributed by atoms with Crippen molar-refractivity contribution in [1.29, 1.82) is 0 Å². The second kappa shape index (κ2) is 28.5. The number of hydrogen-bond acceptors (Lipinski definition) is 20. The average molecular weight is 1070 g/mol. The predicted molar refractivity (Wildman–Crippen MR) is 266 cm³/mol. The fourth-order valence-corrected chi connectivity index (χ4v) is 5.46. The number of carbonyl (C=O) groups is 3. The molecular formula is C44H65BrF2N14O10. The molecule has 2 aromatic carbocycles. The zero-order valence-corrected chi connectivity index (χ0v) is 41.2. The van der Waals surface area contributed by atoms with Crippen LogP contribution >= 0.6 is 15.9 Å². The van der Waals surface area contributed by atoms with Gasteiger partial charge in [-0.2, -0.15) is 0 Å². The summed E-state index contributed by atoms with van der Waals surface area (Å²) >= 11 is 3.07. The molecule has 2 heterocycles. The first-order valence-electron chi connectivity index (χ1n) is 20.8. The number of hydrogen-bond donors (Lipinski definition) is 8. The molecule has 4 aromatic rings. The monoisotopic (exact) mass is 1070 g/mol. The van der Waals surface area contributed by atoms with Gasteiger partial charge in [0, 0.05) is 13.1 Å². The molecule has 0 spiro atoms. The van der Waals surface area contributed by atoms with Crippen molar-refractivity contribution in [2.75, 3.05) is 36.8 Å². The van der Waals surface area contributed by atoms with Gasteiger partial charge in [0.05, 0.1) is 28.9 Å². The Balaban J connectivity index is 0.000000704. The van der Waals surface area contributed by atoms with Gasteiger partial charge in [-0.3, -0.25) is 46.3 Å². The number of nitrogens with one attached hydrogen (secondary N) is 5. The number of halogens is 3. The van der Waals surface area contributed by atoms with Gasteiger partial charge in [0.25, 0.3) is 0 Å². The summed E-state index contributed by atoms with van der Waals surface area (Å²) in [5.74, 6) is -1.54. The lowest BCUT2D eigenvalue weighted by Gasteiger charge is -2.21. The number of carbonyl (C=O) groups excluding carboxylic acids is 3. The number of aromatic nitrogens is 4. The molecule has 27 heteroatoms. The summed E-state index contributed by atoms with van der Waals surface area (Å²) in [7, 11) is 0. The maximum Gasteiger partial charge on any atom is 0.413 e. The predicted octanol–water partition coefficient (Wildman–Crippen LogP) is 7.44. The minimum atomic E-state index is -0.766. The molecule has 0 atom stereocenters. The molecule has 0 aliphatic carbocycles. The number of alkyl carbamates (subject to hydrolysis) is 1. The number of hydroxylamine groups is 2. The maximum absolute atomic E-state index is 13.5. The summed E-state index contributed by atoms with van der Waals surface area (Å²) in [5, 5.41) is 42.2. The number of aryl methyl sites for hydroxylation is 1. The van der Waals surface area contributed by atoms with E-state index >= 15 is 0 Å². The maximum atomic E-state index is 13.5. The summed E-state index contributed by atoms with van der Waals surface area (Å²) in [4.78, 5) is 53.0. The van der Waals surface area contributed by atoms with Gasteiger partial charge >= 0.3 is 18.0 Å². The highest BCUT2D eigenvalue weighted by atomic mass is 79.9. The highest BCUT2D eigenvalue weighted by molar-refractivity contribution is 9.10. The van der Waals surface area contributed by atoms with E-state index in [-0.39, 0.29) is 111 Å². The minimum absolute atomic E-state index is 0. The summed E-state index contributed by atoms with van der Waals surface area (Å²) in [6.07, 6.45) is -1.17. The van der Waals surface area contributed by atoms with Crippen molar-refractivity contribution in [2.24, 2.45) is 25.7 Å². The van der Waals surface area contributed by atoms with Crippen LogP contribution < -0.4 is 32.6 Å². The normalized spacial score (nSPS) is 12.3. The van der Waals surface area contributed by atoms with Gasteiger partial charge in [-0.15, -0.1) is 0 Å². The van der Waals surface area contributed by atoms with Gasteiger partial charge in [0.1, 0.15) is 53.0 Å². The van der Waals surface area contributed by atoms with Crippen LogP contribution in [0.15, 0.2) is 70.1 Å². The van der Waals surface area contributed by atoms with Crippen LogP contribution in [0.3, 0.4) is 0 Å². The molecule has 0 unspecified atom stereocenters. The Morgan fingerprint density at radius 2 is 1.14 bits per heavy atom. The van der Waals surface area contributed by atoms with E-state index in [9.17, 15) is 33.6 Å². The summed E-state index contributed by atoms with van der Waals surface area (Å²) < 4.78 is 52.3. The number of ether oxygens (including phenoxy) is 3. The fourth-order valence-electron chi connectivity index (χ4n) is 5.09. The van der Waals surface area contributed by atoms with Crippen molar-refractivity contribution in [1.82, 2.24) is 36.9 Å². The number of esters is 2. The molecule has 0 saturated heterocycles. The molecule has 0 saturated carbocycles. The Hall–Kier alpha value is -7.13. The van der Waals surface area contributed by atoms with Crippen LogP contribution in [-0.4, -0.2) is 115 Å². The van der Waals surface area contributed by atoms with E-state index in [0.717, 1.165) is 0 Å². The first kappa shape index (κ1) is 61.9. The zero-order valence-electron chi connectivity index (χ0n) is 39.7. The number of nitrogens with zero attached hydrogens (tertiary/aromatic N) is 8. The third-order valence-corrected chi connectivity index (χ3v) is 8.32. The second-order valence-electron chi connectivity index (χ2n) is 17.3. The number of aliphatic imine (C=N–C) groups is 4. The molecule has 0 fully saturated rings. The first-order chi connectivity index (χ1) is 32.2. The Morgan fingerprint density at radius 1 is 0.690 bits per heavy atom. The van der Waals surface area contributed by atoms with Crippen LogP contribution in [0.5, 0.6) is 0 Å². The van der Waals surface area contributed by atoms with Gasteiger partial charge < -0.3 is 30.6 Å². The Morgan fingerprint density at radius 3 is 1.59 bits per heavy atom. The molecule has 0 aliphatic heterocycles. The number of amidine groups is 4.